The fourth-order valence-electron chi connectivity index (χ4n) is 1.54. The van der Waals surface area contributed by atoms with E-state index in [-0.39, 0.29) is 11.3 Å². The number of aromatic carboxylic acids is 1. The van der Waals surface area contributed by atoms with E-state index in [9.17, 15) is 9.59 Å². The third-order valence-corrected chi connectivity index (χ3v) is 3.38. The van der Waals surface area contributed by atoms with E-state index in [0.717, 1.165) is 0 Å². The fraction of sp³-hybridized carbons (Fsp3) is 0. The third kappa shape index (κ3) is 3.43. The second-order valence-electron chi connectivity index (χ2n) is 3.82. The summed E-state index contributed by atoms with van der Waals surface area (Å²) in [5.41, 5.74) is 0.627. The molecular formula is C13H8Br2N2O3. The van der Waals surface area contributed by atoms with Crippen molar-refractivity contribution in [2.45, 2.75) is 0 Å². The molecule has 5 nitrogen and oxygen atoms in total. The molecule has 102 valence electrons. The monoisotopic (exact) mass is 398 g/mol. The highest BCUT2D eigenvalue weighted by atomic mass is 79.9. The van der Waals surface area contributed by atoms with Crippen molar-refractivity contribution in [1.82, 2.24) is 4.98 Å². The Kier molecular flexibility index (Phi) is 4.51. The molecule has 0 fully saturated rings. The lowest BCUT2D eigenvalue weighted by molar-refractivity contribution is 0.0698. The van der Waals surface area contributed by atoms with Gasteiger partial charge in [0.1, 0.15) is 4.60 Å². The molecule has 0 aliphatic rings. The number of anilines is 1. The molecule has 2 rings (SSSR count). The maximum Gasteiger partial charge on any atom is 0.337 e. The quantitative estimate of drug-likeness (QED) is 0.773. The van der Waals surface area contributed by atoms with Crippen molar-refractivity contribution in [2.75, 3.05) is 5.32 Å². The minimum absolute atomic E-state index is 0.0228. The average molecular weight is 400 g/mol. The van der Waals surface area contributed by atoms with E-state index in [0.29, 0.717) is 14.6 Å². The van der Waals surface area contributed by atoms with Crippen LogP contribution in [0.1, 0.15) is 20.7 Å². The van der Waals surface area contributed by atoms with Gasteiger partial charge in [-0.25, -0.2) is 9.78 Å². The number of pyridine rings is 1. The van der Waals surface area contributed by atoms with E-state index in [1.165, 1.54) is 18.3 Å². The number of nitrogens with zero attached hydrogens (tertiary/aromatic N) is 1. The van der Waals surface area contributed by atoms with Gasteiger partial charge in [0.15, 0.2) is 0 Å². The molecule has 0 radical (unpaired) electrons. The summed E-state index contributed by atoms with van der Waals surface area (Å²) in [6.07, 6.45) is 1.48. The number of benzene rings is 1. The molecule has 2 N–H and O–H groups in total. The summed E-state index contributed by atoms with van der Waals surface area (Å²) in [5.74, 6) is -1.52. The van der Waals surface area contributed by atoms with Crippen LogP contribution in [0.3, 0.4) is 0 Å². The normalized spacial score (nSPS) is 10.1. The van der Waals surface area contributed by atoms with E-state index in [2.05, 4.69) is 42.2 Å². The average Bonchev–Trinajstić information content (AvgIpc) is 2.38. The molecule has 1 amide bonds. The standard InChI is InChI=1S/C13H8Br2N2O3/c14-8-1-2-9(13(19)20)10(6-8)17-12(18)7-3-4-16-11(15)5-7/h1-6H,(H,17,18)(H,19,20). The van der Waals surface area contributed by atoms with Crippen LogP contribution in [0.15, 0.2) is 45.6 Å². The lowest BCUT2D eigenvalue weighted by atomic mass is 10.1. The molecule has 0 aliphatic heterocycles. The van der Waals surface area contributed by atoms with Crippen LogP contribution in [-0.2, 0) is 0 Å². The van der Waals surface area contributed by atoms with Crippen LogP contribution in [0.2, 0.25) is 0 Å². The van der Waals surface area contributed by atoms with Crippen molar-refractivity contribution in [3.8, 4) is 0 Å². The lowest BCUT2D eigenvalue weighted by Crippen LogP contribution is -2.15. The van der Waals surface area contributed by atoms with Crippen LogP contribution in [0.4, 0.5) is 5.69 Å². The van der Waals surface area contributed by atoms with E-state index < -0.39 is 11.9 Å². The molecule has 0 aliphatic carbocycles. The summed E-state index contributed by atoms with van der Waals surface area (Å²) in [4.78, 5) is 27.1. The number of hydrogen-bond acceptors (Lipinski definition) is 3. The van der Waals surface area contributed by atoms with Gasteiger partial charge in [0.25, 0.3) is 5.91 Å². The Morgan fingerprint density at radius 3 is 2.55 bits per heavy atom. The van der Waals surface area contributed by atoms with Crippen LogP contribution < -0.4 is 5.32 Å². The Labute approximate surface area is 131 Å². The predicted octanol–water partition coefficient (Wildman–Crippen LogP) is 3.56. The van der Waals surface area contributed by atoms with Crippen molar-refractivity contribution in [3.05, 3.63) is 56.7 Å². The molecular weight excluding hydrogens is 392 g/mol. The van der Waals surface area contributed by atoms with Gasteiger partial charge in [-0.1, -0.05) is 15.9 Å². The summed E-state index contributed by atoms with van der Waals surface area (Å²) >= 11 is 6.41. The first-order valence-electron chi connectivity index (χ1n) is 5.43. The van der Waals surface area contributed by atoms with Crippen molar-refractivity contribution in [2.24, 2.45) is 0 Å². The molecule has 1 heterocycles. The number of aromatic nitrogens is 1. The second-order valence-corrected chi connectivity index (χ2v) is 5.54. The summed E-state index contributed by atoms with van der Waals surface area (Å²) < 4.78 is 1.20. The number of halogens is 2. The first-order chi connectivity index (χ1) is 9.47. The van der Waals surface area contributed by atoms with E-state index in [1.54, 1.807) is 18.2 Å². The maximum absolute atomic E-state index is 12.1. The van der Waals surface area contributed by atoms with Crippen molar-refractivity contribution in [1.29, 1.82) is 0 Å². The lowest BCUT2D eigenvalue weighted by Gasteiger charge is -2.09. The highest BCUT2D eigenvalue weighted by Gasteiger charge is 2.14. The first kappa shape index (κ1) is 14.7. The minimum atomic E-state index is -1.11. The van der Waals surface area contributed by atoms with Gasteiger partial charge in [0, 0.05) is 16.2 Å². The smallest absolute Gasteiger partial charge is 0.337 e. The largest absolute Gasteiger partial charge is 0.478 e. The van der Waals surface area contributed by atoms with Gasteiger partial charge in [-0.2, -0.15) is 0 Å². The Bertz CT molecular complexity index is 689. The van der Waals surface area contributed by atoms with E-state index in [1.807, 2.05) is 0 Å². The topological polar surface area (TPSA) is 79.3 Å². The summed E-state index contributed by atoms with van der Waals surface area (Å²) in [7, 11) is 0. The van der Waals surface area contributed by atoms with Crippen molar-refractivity contribution < 1.29 is 14.7 Å². The number of amides is 1. The Morgan fingerprint density at radius 2 is 1.90 bits per heavy atom. The number of carboxylic acid groups (broad SMARTS) is 1. The molecule has 0 bridgehead atoms. The molecule has 2 aromatic rings. The maximum atomic E-state index is 12.1. The first-order valence-corrected chi connectivity index (χ1v) is 7.02. The van der Waals surface area contributed by atoms with Crippen molar-refractivity contribution in [3.63, 3.8) is 0 Å². The van der Waals surface area contributed by atoms with Gasteiger partial charge in [-0.15, -0.1) is 0 Å². The summed E-state index contributed by atoms with van der Waals surface area (Å²) in [5, 5.41) is 11.7. The SMILES string of the molecule is O=C(Nc1cc(Br)ccc1C(=O)O)c1ccnc(Br)c1. The van der Waals surface area contributed by atoms with Crippen LogP contribution in [-0.4, -0.2) is 22.0 Å². The zero-order valence-corrected chi connectivity index (χ0v) is 13.1. The van der Waals surface area contributed by atoms with Crippen LogP contribution >= 0.6 is 31.9 Å². The predicted molar refractivity (Wildman–Crippen MR) is 81.0 cm³/mol. The van der Waals surface area contributed by atoms with Crippen molar-refractivity contribution >= 4 is 49.4 Å². The molecule has 1 aromatic heterocycles. The van der Waals surface area contributed by atoms with Crippen LogP contribution in [0, 0.1) is 0 Å². The second kappa shape index (κ2) is 6.15. The van der Waals surface area contributed by atoms with Crippen LogP contribution in [0.25, 0.3) is 0 Å². The highest BCUT2D eigenvalue weighted by Crippen LogP contribution is 2.22. The Hall–Kier alpha value is -1.73. The van der Waals surface area contributed by atoms with Gasteiger partial charge in [0.2, 0.25) is 0 Å². The molecule has 20 heavy (non-hydrogen) atoms. The molecule has 0 spiro atoms. The molecule has 0 saturated carbocycles. The van der Waals surface area contributed by atoms with Crippen LogP contribution in [0.5, 0.6) is 0 Å². The number of carbonyl (C=O) groups excluding carboxylic acids is 1. The zero-order valence-electron chi connectivity index (χ0n) is 9.93. The minimum Gasteiger partial charge on any atom is -0.478 e. The number of carbonyl (C=O) groups is 2. The van der Waals surface area contributed by atoms with Gasteiger partial charge < -0.3 is 10.4 Å². The van der Waals surface area contributed by atoms with E-state index >= 15 is 0 Å². The third-order valence-electron chi connectivity index (χ3n) is 2.45. The fourth-order valence-corrected chi connectivity index (χ4v) is 2.27. The van der Waals surface area contributed by atoms with Gasteiger partial charge in [0.05, 0.1) is 11.3 Å². The molecule has 0 unspecified atom stereocenters. The number of rotatable bonds is 3. The molecule has 0 saturated heterocycles. The molecule has 7 heteroatoms. The van der Waals surface area contributed by atoms with Gasteiger partial charge in [-0.05, 0) is 46.3 Å². The molecule has 1 aromatic carbocycles. The number of nitrogens with one attached hydrogen (secondary N) is 1. The van der Waals surface area contributed by atoms with E-state index in [4.69, 9.17) is 5.11 Å². The zero-order chi connectivity index (χ0) is 14.7. The summed E-state index contributed by atoms with van der Waals surface area (Å²) in [6, 6.07) is 7.65. The number of carboxylic acids is 1. The molecule has 0 atom stereocenters. The highest BCUT2D eigenvalue weighted by molar-refractivity contribution is 9.10. The Balaban J connectivity index is 2.32. The van der Waals surface area contributed by atoms with Gasteiger partial charge >= 0.3 is 5.97 Å². The number of hydrogen-bond donors (Lipinski definition) is 2. The Morgan fingerprint density at radius 1 is 1.15 bits per heavy atom. The van der Waals surface area contributed by atoms with Gasteiger partial charge in [-0.3, -0.25) is 4.79 Å². The summed E-state index contributed by atoms with van der Waals surface area (Å²) in [6.45, 7) is 0.